The largest absolute Gasteiger partial charge is 0.353 e. The minimum Gasteiger partial charge on any atom is -0.353 e. The first kappa shape index (κ1) is 23.2. The third-order valence-electron chi connectivity index (χ3n) is 6.74. The lowest BCUT2D eigenvalue weighted by molar-refractivity contribution is -0.256. The Hall–Kier alpha value is -1.48. The van der Waals surface area contributed by atoms with Crippen LogP contribution in [0.4, 0.5) is 0 Å². The minimum atomic E-state index is -3.82. The highest BCUT2D eigenvalue weighted by Crippen LogP contribution is 2.45. The predicted molar refractivity (Wildman–Crippen MR) is 112 cm³/mol. The molecule has 2 aliphatic rings. The van der Waals surface area contributed by atoms with Crippen molar-refractivity contribution in [3.63, 3.8) is 0 Å². The quantitative estimate of drug-likeness (QED) is 0.519. The molecule has 30 heavy (non-hydrogen) atoms. The minimum absolute atomic E-state index is 0.0103. The van der Waals surface area contributed by atoms with Gasteiger partial charge in [0, 0.05) is 39.0 Å². The summed E-state index contributed by atoms with van der Waals surface area (Å²) in [6.07, 6.45) is 3.12. The van der Waals surface area contributed by atoms with Crippen molar-refractivity contribution in [1.29, 1.82) is 0 Å². The van der Waals surface area contributed by atoms with Crippen molar-refractivity contribution < 1.29 is 26.9 Å². The fourth-order valence-electron chi connectivity index (χ4n) is 5.01. The van der Waals surface area contributed by atoms with Gasteiger partial charge in [-0.05, 0) is 43.7 Å². The summed E-state index contributed by atoms with van der Waals surface area (Å²) in [5.74, 6) is -0.710. The maximum absolute atomic E-state index is 12.6. The lowest BCUT2D eigenvalue weighted by Gasteiger charge is -2.48. The van der Waals surface area contributed by atoms with Gasteiger partial charge >= 0.3 is 0 Å². The molecule has 0 unspecified atom stereocenters. The first-order valence-corrected chi connectivity index (χ1v) is 12.0. The molecule has 1 aliphatic heterocycles. The Kier molecular flexibility index (Phi) is 7.22. The van der Waals surface area contributed by atoms with E-state index < -0.39 is 15.9 Å². The van der Waals surface area contributed by atoms with Crippen molar-refractivity contribution in [3.05, 3.63) is 29.8 Å². The number of rotatable bonds is 7. The summed E-state index contributed by atoms with van der Waals surface area (Å²) in [5.41, 5.74) is 0.990. The molecule has 0 spiro atoms. The van der Waals surface area contributed by atoms with E-state index in [4.69, 9.17) is 13.7 Å². The molecule has 2 fully saturated rings. The molecule has 0 aromatic heterocycles. The van der Waals surface area contributed by atoms with E-state index in [-0.39, 0.29) is 41.2 Å². The molecule has 0 bridgehead atoms. The van der Waals surface area contributed by atoms with E-state index in [1.54, 1.807) is 38.5 Å². The van der Waals surface area contributed by atoms with Crippen LogP contribution in [0.3, 0.4) is 0 Å². The second kappa shape index (κ2) is 9.34. The number of methoxy groups -OCH3 is 2. The lowest BCUT2D eigenvalue weighted by atomic mass is 9.67. The first-order chi connectivity index (χ1) is 14.2. The van der Waals surface area contributed by atoms with Crippen LogP contribution in [-0.4, -0.2) is 47.0 Å². The predicted octanol–water partition coefficient (Wildman–Crippen LogP) is 3.02. The van der Waals surface area contributed by atoms with Gasteiger partial charge in [0.2, 0.25) is 5.91 Å². The number of amides is 1. The molecule has 1 aliphatic carbocycles. The molecule has 8 heteroatoms. The molecule has 1 aromatic rings. The number of ether oxygens (including phenoxy) is 2. The number of hydrogen-bond donors (Lipinski definition) is 1. The molecule has 1 amide bonds. The van der Waals surface area contributed by atoms with Crippen molar-refractivity contribution in [1.82, 2.24) is 5.32 Å². The Morgan fingerprint density at radius 2 is 1.80 bits per heavy atom. The molecule has 7 nitrogen and oxygen atoms in total. The highest BCUT2D eigenvalue weighted by molar-refractivity contribution is 7.86. The lowest BCUT2D eigenvalue weighted by Crippen LogP contribution is -2.56. The van der Waals surface area contributed by atoms with Gasteiger partial charge in [-0.15, -0.1) is 0 Å². The van der Waals surface area contributed by atoms with Crippen LogP contribution in [0.5, 0.6) is 0 Å². The topological polar surface area (TPSA) is 90.9 Å². The summed E-state index contributed by atoms with van der Waals surface area (Å²) in [6.45, 7) is 4.10. The fourth-order valence-corrected chi connectivity index (χ4v) is 5.99. The van der Waals surface area contributed by atoms with Crippen LogP contribution in [0, 0.1) is 24.7 Å². The van der Waals surface area contributed by atoms with E-state index in [2.05, 4.69) is 12.2 Å². The van der Waals surface area contributed by atoms with E-state index in [9.17, 15) is 13.2 Å². The third kappa shape index (κ3) is 4.72. The van der Waals surface area contributed by atoms with Crippen LogP contribution < -0.4 is 5.32 Å². The van der Waals surface area contributed by atoms with Crippen LogP contribution in [0.15, 0.2) is 29.2 Å². The van der Waals surface area contributed by atoms with Gasteiger partial charge < -0.3 is 14.8 Å². The second-order valence-corrected chi connectivity index (χ2v) is 10.1. The molecule has 0 radical (unpaired) electrons. The SMILES string of the molecule is CC[C@H]1C[C@@H](COS(=O)(=O)c2ccc(C)cc2)C[C@@H]2[C@H]1NC(=O)CCC2(OC)OC. The van der Waals surface area contributed by atoms with Crippen molar-refractivity contribution in [3.8, 4) is 0 Å². The molecule has 168 valence electrons. The molecule has 1 saturated heterocycles. The molecule has 1 heterocycles. The molecular formula is C22H33NO6S. The van der Waals surface area contributed by atoms with Gasteiger partial charge in [0.15, 0.2) is 5.79 Å². The molecule has 1 N–H and O–H groups in total. The van der Waals surface area contributed by atoms with E-state index in [1.165, 1.54) is 0 Å². The molecular weight excluding hydrogens is 406 g/mol. The third-order valence-corrected chi connectivity index (χ3v) is 8.04. The van der Waals surface area contributed by atoms with Crippen molar-refractivity contribution in [2.45, 2.75) is 62.7 Å². The highest BCUT2D eigenvalue weighted by Gasteiger charge is 2.52. The van der Waals surface area contributed by atoms with Crippen molar-refractivity contribution in [2.75, 3.05) is 20.8 Å². The van der Waals surface area contributed by atoms with E-state index >= 15 is 0 Å². The number of fused-ring (bicyclic) bond motifs is 1. The van der Waals surface area contributed by atoms with E-state index in [0.29, 0.717) is 19.3 Å². The Balaban J connectivity index is 1.79. The summed E-state index contributed by atoms with van der Waals surface area (Å²) in [6, 6.07) is 6.59. The zero-order valence-electron chi connectivity index (χ0n) is 18.2. The van der Waals surface area contributed by atoms with Gasteiger partial charge in [-0.2, -0.15) is 8.42 Å². The summed E-state index contributed by atoms with van der Waals surface area (Å²) < 4.78 is 42.4. The maximum Gasteiger partial charge on any atom is 0.296 e. The summed E-state index contributed by atoms with van der Waals surface area (Å²) in [7, 11) is -0.597. The number of carbonyl (C=O) groups excluding carboxylic acids is 1. The second-order valence-electron chi connectivity index (χ2n) is 8.48. The number of benzene rings is 1. The van der Waals surface area contributed by atoms with Gasteiger partial charge in [0.05, 0.1) is 11.5 Å². The summed E-state index contributed by atoms with van der Waals surface area (Å²) in [5, 5.41) is 3.17. The molecule has 4 atom stereocenters. The van der Waals surface area contributed by atoms with Gasteiger partial charge in [-0.3, -0.25) is 8.98 Å². The highest BCUT2D eigenvalue weighted by atomic mass is 32.2. The zero-order valence-corrected chi connectivity index (χ0v) is 19.0. The maximum atomic E-state index is 12.6. The molecule has 1 aromatic carbocycles. The monoisotopic (exact) mass is 439 g/mol. The molecule has 1 saturated carbocycles. The van der Waals surface area contributed by atoms with E-state index in [0.717, 1.165) is 18.4 Å². The van der Waals surface area contributed by atoms with Crippen LogP contribution in [0.2, 0.25) is 0 Å². The smallest absolute Gasteiger partial charge is 0.296 e. The number of carbonyl (C=O) groups is 1. The Labute approximate surface area is 179 Å². The van der Waals surface area contributed by atoms with Crippen LogP contribution in [0.25, 0.3) is 0 Å². The molecule has 3 rings (SSSR count). The number of hydrogen-bond acceptors (Lipinski definition) is 6. The standard InChI is InChI=1S/C22H33NO6S/c1-5-17-12-16(14-29-30(25,26)18-8-6-15(2)7-9-18)13-19-21(17)23-20(24)10-11-22(19,27-3)28-4/h6-9,16-17,19,21H,5,10-14H2,1-4H3,(H,23,24)/t16-,17+,19-,21+/m1/s1. The first-order valence-electron chi connectivity index (χ1n) is 10.6. The van der Waals surface area contributed by atoms with Crippen molar-refractivity contribution in [2.24, 2.45) is 17.8 Å². The summed E-state index contributed by atoms with van der Waals surface area (Å²) >= 11 is 0. The van der Waals surface area contributed by atoms with Crippen LogP contribution in [-0.2, 0) is 28.6 Å². The Bertz CT molecular complexity index is 834. The number of aryl methyl sites for hydroxylation is 1. The van der Waals surface area contributed by atoms with Crippen LogP contribution >= 0.6 is 0 Å². The fraction of sp³-hybridized carbons (Fsp3) is 0.682. The zero-order chi connectivity index (χ0) is 21.9. The normalized spacial score (nSPS) is 29.0. The van der Waals surface area contributed by atoms with Gasteiger partial charge in [0.25, 0.3) is 10.1 Å². The van der Waals surface area contributed by atoms with E-state index in [1.807, 2.05) is 6.92 Å². The van der Waals surface area contributed by atoms with Crippen LogP contribution in [0.1, 0.15) is 44.6 Å². The van der Waals surface area contributed by atoms with Gasteiger partial charge in [0.1, 0.15) is 0 Å². The Morgan fingerprint density at radius 1 is 1.13 bits per heavy atom. The van der Waals surface area contributed by atoms with Crippen molar-refractivity contribution >= 4 is 16.0 Å². The van der Waals surface area contributed by atoms with Gasteiger partial charge in [-0.1, -0.05) is 31.0 Å². The number of nitrogens with one attached hydrogen (secondary N) is 1. The average molecular weight is 440 g/mol. The van der Waals surface area contributed by atoms with Gasteiger partial charge in [-0.25, -0.2) is 0 Å². The average Bonchev–Trinajstić information content (AvgIpc) is 2.88. The Morgan fingerprint density at radius 3 is 2.40 bits per heavy atom. The summed E-state index contributed by atoms with van der Waals surface area (Å²) in [4.78, 5) is 12.5.